The van der Waals surface area contributed by atoms with Gasteiger partial charge in [-0.25, -0.2) is 0 Å². The summed E-state index contributed by atoms with van der Waals surface area (Å²) >= 11 is 0. The van der Waals surface area contributed by atoms with Crippen LogP contribution in [0.25, 0.3) is 5.76 Å². The van der Waals surface area contributed by atoms with Crippen LogP contribution in [0.15, 0.2) is 54.1 Å². The summed E-state index contributed by atoms with van der Waals surface area (Å²) in [6.45, 7) is 2.53. The van der Waals surface area contributed by atoms with E-state index in [1.54, 1.807) is 23.1 Å². The third-order valence-electron chi connectivity index (χ3n) is 5.32. The molecule has 1 N–H and O–H groups in total. The van der Waals surface area contributed by atoms with E-state index in [1.807, 2.05) is 30.3 Å². The fourth-order valence-electron chi connectivity index (χ4n) is 3.77. The first-order valence-electron chi connectivity index (χ1n) is 10.1. The SMILES string of the molecule is CCCCCN1C(=O)C(=O)/C(=C(/O)c2cc(OC)ccc2OC)C1c1ccccc1. The van der Waals surface area contributed by atoms with Gasteiger partial charge in [0.15, 0.2) is 0 Å². The number of amides is 1. The minimum Gasteiger partial charge on any atom is -0.507 e. The third-order valence-corrected chi connectivity index (χ3v) is 5.32. The second kappa shape index (κ2) is 9.48. The molecule has 1 aliphatic heterocycles. The Balaban J connectivity index is 2.17. The molecule has 0 saturated carbocycles. The maximum Gasteiger partial charge on any atom is 0.295 e. The Kier molecular flexibility index (Phi) is 6.77. The summed E-state index contributed by atoms with van der Waals surface area (Å²) in [5.74, 6) is -0.662. The Morgan fingerprint density at radius 3 is 2.40 bits per heavy atom. The Morgan fingerprint density at radius 2 is 1.77 bits per heavy atom. The molecule has 1 fully saturated rings. The molecule has 2 aromatic carbocycles. The third kappa shape index (κ3) is 4.03. The molecule has 6 nitrogen and oxygen atoms in total. The number of carbonyl (C=O) groups excluding carboxylic acids is 2. The smallest absolute Gasteiger partial charge is 0.295 e. The van der Waals surface area contributed by atoms with Gasteiger partial charge in [-0.3, -0.25) is 9.59 Å². The van der Waals surface area contributed by atoms with Gasteiger partial charge in [0.25, 0.3) is 11.7 Å². The lowest BCUT2D eigenvalue weighted by Gasteiger charge is -2.25. The summed E-state index contributed by atoms with van der Waals surface area (Å²) in [4.78, 5) is 27.5. The van der Waals surface area contributed by atoms with Crippen LogP contribution in [0.4, 0.5) is 0 Å². The van der Waals surface area contributed by atoms with Gasteiger partial charge < -0.3 is 19.5 Å². The lowest BCUT2D eigenvalue weighted by atomic mass is 9.95. The highest BCUT2D eigenvalue weighted by molar-refractivity contribution is 6.46. The number of ether oxygens (including phenoxy) is 2. The summed E-state index contributed by atoms with van der Waals surface area (Å²) < 4.78 is 10.6. The van der Waals surface area contributed by atoms with Crippen molar-refractivity contribution < 1.29 is 24.2 Å². The number of hydrogen-bond acceptors (Lipinski definition) is 5. The molecular formula is C24H27NO5. The molecule has 3 rings (SSSR count). The largest absolute Gasteiger partial charge is 0.507 e. The molecule has 1 heterocycles. The van der Waals surface area contributed by atoms with Crippen molar-refractivity contribution in [3.8, 4) is 11.5 Å². The molecule has 30 heavy (non-hydrogen) atoms. The van der Waals surface area contributed by atoms with Gasteiger partial charge >= 0.3 is 0 Å². The number of rotatable bonds is 8. The van der Waals surface area contributed by atoms with E-state index in [4.69, 9.17) is 9.47 Å². The zero-order valence-electron chi connectivity index (χ0n) is 17.6. The van der Waals surface area contributed by atoms with Crippen LogP contribution >= 0.6 is 0 Å². The number of unbranched alkanes of at least 4 members (excludes halogenated alkanes) is 2. The topological polar surface area (TPSA) is 76.1 Å². The van der Waals surface area contributed by atoms with Crippen molar-refractivity contribution in [3.63, 3.8) is 0 Å². The highest BCUT2D eigenvalue weighted by atomic mass is 16.5. The number of benzene rings is 2. The lowest BCUT2D eigenvalue weighted by molar-refractivity contribution is -0.139. The van der Waals surface area contributed by atoms with Gasteiger partial charge in [0.1, 0.15) is 17.3 Å². The first kappa shape index (κ1) is 21.4. The Labute approximate surface area is 176 Å². The van der Waals surface area contributed by atoms with Crippen LogP contribution in [0.2, 0.25) is 0 Å². The normalized spacial score (nSPS) is 18.0. The van der Waals surface area contributed by atoms with Gasteiger partial charge in [0.2, 0.25) is 0 Å². The summed E-state index contributed by atoms with van der Waals surface area (Å²) in [5, 5.41) is 11.2. The van der Waals surface area contributed by atoms with E-state index < -0.39 is 17.7 Å². The van der Waals surface area contributed by atoms with Crippen molar-refractivity contribution in [1.82, 2.24) is 4.90 Å². The second-order valence-electron chi connectivity index (χ2n) is 7.18. The first-order chi connectivity index (χ1) is 14.5. The summed E-state index contributed by atoms with van der Waals surface area (Å²) in [6, 6.07) is 13.6. The number of carbonyl (C=O) groups is 2. The van der Waals surface area contributed by atoms with Gasteiger partial charge in [0.05, 0.1) is 31.4 Å². The Morgan fingerprint density at radius 1 is 1.03 bits per heavy atom. The summed E-state index contributed by atoms with van der Waals surface area (Å²) in [5.41, 5.74) is 1.15. The van der Waals surface area contributed by atoms with Crippen molar-refractivity contribution in [2.75, 3.05) is 20.8 Å². The number of methoxy groups -OCH3 is 2. The van der Waals surface area contributed by atoms with E-state index in [0.29, 0.717) is 23.6 Å². The molecule has 0 bridgehead atoms. The zero-order valence-corrected chi connectivity index (χ0v) is 17.6. The van der Waals surface area contributed by atoms with E-state index in [-0.39, 0.29) is 11.3 Å². The van der Waals surface area contributed by atoms with Gasteiger partial charge in [-0.15, -0.1) is 0 Å². The maximum absolute atomic E-state index is 13.0. The van der Waals surface area contributed by atoms with Crippen LogP contribution in [0, 0.1) is 0 Å². The van der Waals surface area contributed by atoms with Crippen molar-refractivity contribution in [3.05, 3.63) is 65.2 Å². The predicted molar refractivity (Wildman–Crippen MR) is 115 cm³/mol. The van der Waals surface area contributed by atoms with Crippen molar-refractivity contribution >= 4 is 17.4 Å². The van der Waals surface area contributed by atoms with Gasteiger partial charge in [0, 0.05) is 6.54 Å². The number of nitrogens with zero attached hydrogens (tertiary/aromatic N) is 1. The molecule has 1 amide bonds. The number of hydrogen-bond donors (Lipinski definition) is 1. The molecular weight excluding hydrogens is 382 g/mol. The number of likely N-dealkylation sites (tertiary alicyclic amines) is 1. The van der Waals surface area contributed by atoms with E-state index in [1.165, 1.54) is 14.2 Å². The molecule has 1 atom stereocenters. The molecule has 0 aliphatic carbocycles. The molecule has 0 aromatic heterocycles. The van der Waals surface area contributed by atoms with Crippen LogP contribution in [0.5, 0.6) is 11.5 Å². The quantitative estimate of drug-likeness (QED) is 0.304. The van der Waals surface area contributed by atoms with E-state index in [9.17, 15) is 14.7 Å². The number of aliphatic hydroxyl groups is 1. The first-order valence-corrected chi connectivity index (χ1v) is 10.1. The number of ketones is 1. The average Bonchev–Trinajstić information content (AvgIpc) is 3.04. The molecule has 0 spiro atoms. The van der Waals surface area contributed by atoms with Gasteiger partial charge in [-0.2, -0.15) is 0 Å². The van der Waals surface area contributed by atoms with E-state index in [0.717, 1.165) is 24.8 Å². The molecule has 1 saturated heterocycles. The highest BCUT2D eigenvalue weighted by Crippen LogP contribution is 2.41. The molecule has 6 heteroatoms. The van der Waals surface area contributed by atoms with Crippen LogP contribution in [-0.4, -0.2) is 42.5 Å². The van der Waals surface area contributed by atoms with Crippen LogP contribution < -0.4 is 9.47 Å². The average molecular weight is 409 g/mol. The second-order valence-corrected chi connectivity index (χ2v) is 7.18. The van der Waals surface area contributed by atoms with Crippen LogP contribution in [-0.2, 0) is 9.59 Å². The van der Waals surface area contributed by atoms with Crippen molar-refractivity contribution in [2.45, 2.75) is 32.2 Å². The number of Topliss-reactive ketones (excluding diaryl/α,β-unsaturated/α-hetero) is 1. The minimum absolute atomic E-state index is 0.0641. The molecule has 2 aromatic rings. The fourth-order valence-corrected chi connectivity index (χ4v) is 3.77. The molecule has 0 radical (unpaired) electrons. The van der Waals surface area contributed by atoms with E-state index in [2.05, 4.69) is 6.92 Å². The minimum atomic E-state index is -0.692. The van der Waals surface area contributed by atoms with Crippen LogP contribution in [0.3, 0.4) is 0 Å². The summed E-state index contributed by atoms with van der Waals surface area (Å²) in [7, 11) is 3.00. The zero-order chi connectivity index (χ0) is 21.7. The number of aliphatic hydroxyl groups excluding tert-OH is 1. The fraction of sp³-hybridized carbons (Fsp3) is 0.333. The van der Waals surface area contributed by atoms with Crippen molar-refractivity contribution in [1.29, 1.82) is 0 Å². The lowest BCUT2D eigenvalue weighted by Crippen LogP contribution is -2.30. The van der Waals surface area contributed by atoms with Gasteiger partial charge in [-0.05, 0) is 30.2 Å². The van der Waals surface area contributed by atoms with Crippen LogP contribution in [0.1, 0.15) is 43.4 Å². The Bertz CT molecular complexity index is 951. The monoisotopic (exact) mass is 409 g/mol. The highest BCUT2D eigenvalue weighted by Gasteiger charge is 2.46. The standard InChI is InChI=1S/C24H27NO5/c1-4-5-9-14-25-21(16-10-7-6-8-11-16)20(23(27)24(25)28)22(26)18-15-17(29-2)12-13-19(18)30-3/h6-8,10-13,15,21,26H,4-5,9,14H2,1-3H3/b22-20+. The molecule has 1 aliphatic rings. The molecule has 1 unspecified atom stereocenters. The maximum atomic E-state index is 13.0. The van der Waals surface area contributed by atoms with E-state index >= 15 is 0 Å². The summed E-state index contributed by atoms with van der Waals surface area (Å²) in [6.07, 6.45) is 2.74. The van der Waals surface area contributed by atoms with Gasteiger partial charge in [-0.1, -0.05) is 50.1 Å². The molecule has 158 valence electrons. The predicted octanol–water partition coefficient (Wildman–Crippen LogP) is 4.32. The Hall–Kier alpha value is -3.28. The van der Waals surface area contributed by atoms with Crippen molar-refractivity contribution in [2.24, 2.45) is 0 Å².